The molecule has 0 atom stereocenters. The summed E-state index contributed by atoms with van der Waals surface area (Å²) in [7, 11) is 1.98. The maximum absolute atomic E-state index is 12.4. The molecule has 108 valence electrons. The Labute approximate surface area is 127 Å². The SMILES string of the molecule is Cn1ccc2ccc(C(=O)Nc3ccc4[nH]ccc4c3)cc21. The van der Waals surface area contributed by atoms with Crippen LogP contribution in [-0.2, 0) is 7.05 Å². The molecule has 0 aliphatic heterocycles. The molecular weight excluding hydrogens is 274 g/mol. The molecule has 2 heterocycles. The first-order valence-electron chi connectivity index (χ1n) is 7.14. The van der Waals surface area contributed by atoms with Gasteiger partial charge in [-0.05, 0) is 47.9 Å². The molecule has 2 aromatic carbocycles. The summed E-state index contributed by atoms with van der Waals surface area (Å²) in [5.74, 6) is -0.0991. The van der Waals surface area contributed by atoms with Gasteiger partial charge < -0.3 is 14.9 Å². The first kappa shape index (κ1) is 12.7. The number of aromatic amines is 1. The van der Waals surface area contributed by atoms with E-state index in [1.54, 1.807) is 0 Å². The summed E-state index contributed by atoms with van der Waals surface area (Å²) in [6.45, 7) is 0. The number of anilines is 1. The predicted molar refractivity (Wildman–Crippen MR) is 89.2 cm³/mol. The molecule has 0 aliphatic carbocycles. The maximum Gasteiger partial charge on any atom is 0.255 e. The minimum absolute atomic E-state index is 0.0991. The van der Waals surface area contributed by atoms with Gasteiger partial charge in [0, 0.05) is 47.1 Å². The number of hydrogen-bond donors (Lipinski definition) is 2. The molecule has 0 spiro atoms. The highest BCUT2D eigenvalue weighted by Gasteiger charge is 2.09. The average molecular weight is 289 g/mol. The van der Waals surface area contributed by atoms with Crippen LogP contribution in [0.25, 0.3) is 21.8 Å². The third-order valence-electron chi connectivity index (χ3n) is 3.96. The Morgan fingerprint density at radius 3 is 2.86 bits per heavy atom. The van der Waals surface area contributed by atoms with E-state index in [9.17, 15) is 4.79 Å². The molecule has 0 aliphatic rings. The molecule has 0 fully saturated rings. The number of benzene rings is 2. The molecule has 4 heteroatoms. The van der Waals surface area contributed by atoms with Crippen molar-refractivity contribution in [2.75, 3.05) is 5.32 Å². The number of fused-ring (bicyclic) bond motifs is 2. The lowest BCUT2D eigenvalue weighted by Crippen LogP contribution is -2.11. The van der Waals surface area contributed by atoms with E-state index in [4.69, 9.17) is 0 Å². The van der Waals surface area contributed by atoms with Gasteiger partial charge in [-0.2, -0.15) is 0 Å². The van der Waals surface area contributed by atoms with Gasteiger partial charge >= 0.3 is 0 Å². The number of aromatic nitrogens is 2. The highest BCUT2D eigenvalue weighted by atomic mass is 16.1. The summed E-state index contributed by atoms with van der Waals surface area (Å²) < 4.78 is 2.01. The molecule has 0 saturated carbocycles. The van der Waals surface area contributed by atoms with E-state index in [0.717, 1.165) is 27.5 Å². The van der Waals surface area contributed by atoms with E-state index in [0.29, 0.717) is 5.56 Å². The van der Waals surface area contributed by atoms with Crippen molar-refractivity contribution in [3.8, 4) is 0 Å². The van der Waals surface area contributed by atoms with Crippen LogP contribution in [0.1, 0.15) is 10.4 Å². The highest BCUT2D eigenvalue weighted by molar-refractivity contribution is 6.06. The van der Waals surface area contributed by atoms with Crippen molar-refractivity contribution in [2.24, 2.45) is 7.05 Å². The van der Waals surface area contributed by atoms with Crippen molar-refractivity contribution in [2.45, 2.75) is 0 Å². The van der Waals surface area contributed by atoms with Crippen molar-refractivity contribution >= 4 is 33.4 Å². The number of hydrogen-bond acceptors (Lipinski definition) is 1. The van der Waals surface area contributed by atoms with Crippen molar-refractivity contribution in [3.05, 3.63) is 66.5 Å². The van der Waals surface area contributed by atoms with Crippen LogP contribution in [0.15, 0.2) is 60.9 Å². The van der Waals surface area contributed by atoms with Crippen LogP contribution in [0.4, 0.5) is 5.69 Å². The van der Waals surface area contributed by atoms with Gasteiger partial charge in [0.1, 0.15) is 0 Å². The molecule has 1 amide bonds. The van der Waals surface area contributed by atoms with E-state index in [1.807, 2.05) is 72.5 Å². The zero-order chi connectivity index (χ0) is 15.1. The van der Waals surface area contributed by atoms with E-state index in [-0.39, 0.29) is 5.91 Å². The number of amides is 1. The molecule has 0 radical (unpaired) electrons. The zero-order valence-electron chi connectivity index (χ0n) is 12.1. The Kier molecular flexibility index (Phi) is 2.76. The van der Waals surface area contributed by atoms with Crippen LogP contribution < -0.4 is 5.32 Å². The number of nitrogens with one attached hydrogen (secondary N) is 2. The summed E-state index contributed by atoms with van der Waals surface area (Å²) in [5, 5.41) is 5.17. The summed E-state index contributed by atoms with van der Waals surface area (Å²) in [6, 6.07) is 15.6. The standard InChI is InChI=1S/C18H15N3O/c1-21-9-7-12-2-3-14(11-17(12)21)18(22)20-15-4-5-16-13(10-15)6-8-19-16/h2-11,19H,1H3,(H,20,22). The van der Waals surface area contributed by atoms with E-state index >= 15 is 0 Å². The van der Waals surface area contributed by atoms with Crippen molar-refractivity contribution in [3.63, 3.8) is 0 Å². The fourth-order valence-electron chi connectivity index (χ4n) is 2.74. The minimum atomic E-state index is -0.0991. The fraction of sp³-hybridized carbons (Fsp3) is 0.0556. The Bertz CT molecular complexity index is 994. The monoisotopic (exact) mass is 289 g/mol. The summed E-state index contributed by atoms with van der Waals surface area (Å²) in [4.78, 5) is 15.6. The van der Waals surface area contributed by atoms with Crippen LogP contribution >= 0.6 is 0 Å². The quantitative estimate of drug-likeness (QED) is 0.577. The van der Waals surface area contributed by atoms with Gasteiger partial charge in [0.25, 0.3) is 5.91 Å². The second kappa shape index (κ2) is 4.77. The third-order valence-corrected chi connectivity index (χ3v) is 3.96. The number of aryl methyl sites for hydroxylation is 1. The molecule has 0 bridgehead atoms. The van der Waals surface area contributed by atoms with Crippen LogP contribution in [0.5, 0.6) is 0 Å². The second-order valence-corrected chi connectivity index (χ2v) is 5.43. The van der Waals surface area contributed by atoms with Gasteiger partial charge in [-0.25, -0.2) is 0 Å². The van der Waals surface area contributed by atoms with Gasteiger partial charge in [-0.1, -0.05) is 6.07 Å². The van der Waals surface area contributed by atoms with E-state index in [1.165, 1.54) is 0 Å². The Hall–Kier alpha value is -3.01. The normalized spacial score (nSPS) is 11.1. The molecule has 0 unspecified atom stereocenters. The Morgan fingerprint density at radius 1 is 1.05 bits per heavy atom. The number of H-pyrrole nitrogens is 1. The predicted octanol–water partition coefficient (Wildman–Crippen LogP) is 3.91. The van der Waals surface area contributed by atoms with Crippen molar-refractivity contribution in [1.29, 1.82) is 0 Å². The molecular formula is C18H15N3O. The smallest absolute Gasteiger partial charge is 0.255 e. The van der Waals surface area contributed by atoms with E-state index in [2.05, 4.69) is 10.3 Å². The van der Waals surface area contributed by atoms with Gasteiger partial charge in [0.05, 0.1) is 0 Å². The first-order chi connectivity index (χ1) is 10.7. The molecule has 2 aromatic heterocycles. The Morgan fingerprint density at radius 2 is 1.95 bits per heavy atom. The lowest BCUT2D eigenvalue weighted by Gasteiger charge is -2.06. The van der Waals surface area contributed by atoms with Gasteiger partial charge in [0.15, 0.2) is 0 Å². The molecule has 4 rings (SSSR count). The van der Waals surface area contributed by atoms with Crippen LogP contribution in [0, 0.1) is 0 Å². The van der Waals surface area contributed by atoms with Crippen LogP contribution in [-0.4, -0.2) is 15.5 Å². The number of rotatable bonds is 2. The minimum Gasteiger partial charge on any atom is -0.361 e. The number of carbonyl (C=O) groups excluding carboxylic acids is 1. The molecule has 4 aromatic rings. The number of nitrogens with zero attached hydrogens (tertiary/aromatic N) is 1. The lowest BCUT2D eigenvalue weighted by molar-refractivity contribution is 0.102. The third kappa shape index (κ3) is 2.05. The molecule has 2 N–H and O–H groups in total. The molecule has 22 heavy (non-hydrogen) atoms. The summed E-state index contributed by atoms with van der Waals surface area (Å²) in [6.07, 6.45) is 3.88. The Balaban J connectivity index is 1.65. The first-order valence-corrected chi connectivity index (χ1v) is 7.14. The summed E-state index contributed by atoms with van der Waals surface area (Å²) >= 11 is 0. The van der Waals surface area contributed by atoms with Crippen molar-refractivity contribution in [1.82, 2.24) is 9.55 Å². The van der Waals surface area contributed by atoms with Gasteiger partial charge in [-0.15, -0.1) is 0 Å². The zero-order valence-corrected chi connectivity index (χ0v) is 12.1. The summed E-state index contributed by atoms with van der Waals surface area (Å²) in [5.41, 5.74) is 3.56. The highest BCUT2D eigenvalue weighted by Crippen LogP contribution is 2.20. The van der Waals surface area contributed by atoms with Gasteiger partial charge in [-0.3, -0.25) is 4.79 Å². The molecule has 4 nitrogen and oxygen atoms in total. The van der Waals surface area contributed by atoms with Gasteiger partial charge in [0.2, 0.25) is 0 Å². The fourth-order valence-corrected chi connectivity index (χ4v) is 2.74. The average Bonchev–Trinajstić information content (AvgIpc) is 3.13. The van der Waals surface area contributed by atoms with Crippen LogP contribution in [0.3, 0.4) is 0 Å². The maximum atomic E-state index is 12.4. The topological polar surface area (TPSA) is 49.8 Å². The van der Waals surface area contributed by atoms with Crippen LogP contribution in [0.2, 0.25) is 0 Å². The van der Waals surface area contributed by atoms with E-state index < -0.39 is 0 Å². The second-order valence-electron chi connectivity index (χ2n) is 5.43. The largest absolute Gasteiger partial charge is 0.361 e. The number of carbonyl (C=O) groups is 1. The molecule has 0 saturated heterocycles. The van der Waals surface area contributed by atoms with Crippen molar-refractivity contribution < 1.29 is 4.79 Å². The lowest BCUT2D eigenvalue weighted by atomic mass is 10.1.